The molecule has 0 spiro atoms. The monoisotopic (exact) mass is 273 g/mol. The average molecular weight is 273 g/mol. The Bertz CT molecular complexity index is 632. The van der Waals surface area contributed by atoms with Crippen LogP contribution in [0.2, 0.25) is 0 Å². The largest absolute Gasteiger partial charge is 0.480 e. The van der Waals surface area contributed by atoms with Crippen LogP contribution in [-0.2, 0) is 4.79 Å². The highest BCUT2D eigenvalue weighted by molar-refractivity contribution is 5.96. The van der Waals surface area contributed by atoms with Crippen molar-refractivity contribution in [1.29, 1.82) is 0 Å². The number of aromatic nitrogens is 2. The van der Waals surface area contributed by atoms with Gasteiger partial charge in [0.05, 0.1) is 5.69 Å². The van der Waals surface area contributed by atoms with Crippen LogP contribution in [0.3, 0.4) is 0 Å². The molecule has 2 aromatic rings. The zero-order valence-corrected chi connectivity index (χ0v) is 11.2. The molecule has 20 heavy (non-hydrogen) atoms. The summed E-state index contributed by atoms with van der Waals surface area (Å²) in [7, 11) is 0. The zero-order valence-electron chi connectivity index (χ0n) is 11.2. The Morgan fingerprint density at radius 2 is 1.90 bits per heavy atom. The molecule has 0 aliphatic heterocycles. The predicted molar refractivity (Wildman–Crippen MR) is 73.2 cm³/mol. The summed E-state index contributed by atoms with van der Waals surface area (Å²) in [6.45, 7) is 2.84. The minimum atomic E-state index is -1.34. The molecule has 6 heteroatoms. The summed E-state index contributed by atoms with van der Waals surface area (Å²) in [6.07, 6.45) is 0. The molecule has 0 atom stereocenters. The van der Waals surface area contributed by atoms with Crippen LogP contribution in [0.1, 0.15) is 24.3 Å². The van der Waals surface area contributed by atoms with Gasteiger partial charge in [-0.05, 0) is 19.9 Å². The summed E-state index contributed by atoms with van der Waals surface area (Å²) in [5.74, 6) is -1.61. The predicted octanol–water partition coefficient (Wildman–Crippen LogP) is 1.67. The highest BCUT2D eigenvalue weighted by atomic mass is 16.4. The fraction of sp³-hybridized carbons (Fsp3) is 0.214. The highest BCUT2D eigenvalue weighted by Gasteiger charge is 2.29. The molecule has 0 fully saturated rings. The molecule has 104 valence electrons. The molecular formula is C14H15N3O3. The van der Waals surface area contributed by atoms with Gasteiger partial charge in [-0.2, -0.15) is 5.10 Å². The lowest BCUT2D eigenvalue weighted by atomic mass is 10.1. The van der Waals surface area contributed by atoms with E-state index in [2.05, 4.69) is 15.5 Å². The number of carbonyl (C=O) groups excluding carboxylic acids is 1. The number of carboxylic acids is 1. The van der Waals surface area contributed by atoms with E-state index in [0.717, 1.165) is 5.56 Å². The first-order valence-electron chi connectivity index (χ1n) is 6.07. The van der Waals surface area contributed by atoms with Crippen LogP contribution >= 0.6 is 0 Å². The number of aliphatic carboxylic acids is 1. The van der Waals surface area contributed by atoms with Gasteiger partial charge in [0.25, 0.3) is 5.91 Å². The molecule has 1 amide bonds. The SMILES string of the molecule is CC(C)(NC(=O)c1cc(-c2ccccc2)n[nH]1)C(=O)O. The summed E-state index contributed by atoms with van der Waals surface area (Å²) in [6, 6.07) is 11.0. The first-order chi connectivity index (χ1) is 9.40. The van der Waals surface area contributed by atoms with E-state index in [4.69, 9.17) is 5.11 Å². The molecule has 0 aliphatic rings. The Labute approximate surface area is 115 Å². The van der Waals surface area contributed by atoms with Crippen molar-refractivity contribution in [2.45, 2.75) is 19.4 Å². The van der Waals surface area contributed by atoms with Crippen molar-refractivity contribution in [2.24, 2.45) is 0 Å². The zero-order chi connectivity index (χ0) is 14.8. The molecule has 0 saturated heterocycles. The van der Waals surface area contributed by atoms with Crippen LogP contribution in [0.5, 0.6) is 0 Å². The van der Waals surface area contributed by atoms with Crippen LogP contribution in [-0.4, -0.2) is 32.7 Å². The van der Waals surface area contributed by atoms with Crippen molar-refractivity contribution in [3.05, 3.63) is 42.1 Å². The van der Waals surface area contributed by atoms with E-state index in [9.17, 15) is 9.59 Å². The maximum Gasteiger partial charge on any atom is 0.328 e. The maximum absolute atomic E-state index is 12.0. The van der Waals surface area contributed by atoms with Gasteiger partial charge in [0.15, 0.2) is 0 Å². The molecule has 0 aliphatic carbocycles. The molecule has 2 rings (SSSR count). The topological polar surface area (TPSA) is 95.1 Å². The Morgan fingerprint density at radius 3 is 2.50 bits per heavy atom. The second kappa shape index (κ2) is 5.16. The number of carboxylic acid groups (broad SMARTS) is 1. The minimum absolute atomic E-state index is 0.221. The molecule has 0 unspecified atom stereocenters. The lowest BCUT2D eigenvalue weighted by molar-refractivity contribution is -0.143. The molecule has 1 heterocycles. The summed E-state index contributed by atoms with van der Waals surface area (Å²) >= 11 is 0. The molecule has 1 aromatic heterocycles. The summed E-state index contributed by atoms with van der Waals surface area (Å²) in [4.78, 5) is 22.9. The lowest BCUT2D eigenvalue weighted by Crippen LogP contribution is -2.49. The second-order valence-electron chi connectivity index (χ2n) is 4.92. The maximum atomic E-state index is 12.0. The Kier molecular flexibility index (Phi) is 3.56. The van der Waals surface area contributed by atoms with Gasteiger partial charge in [0.2, 0.25) is 0 Å². The normalized spacial score (nSPS) is 11.1. The molecule has 3 N–H and O–H groups in total. The number of benzene rings is 1. The van der Waals surface area contributed by atoms with Crippen molar-refractivity contribution in [3.63, 3.8) is 0 Å². The number of hydrogen-bond donors (Lipinski definition) is 3. The summed E-state index contributed by atoms with van der Waals surface area (Å²) in [5, 5.41) is 18.1. The highest BCUT2D eigenvalue weighted by Crippen LogP contribution is 2.17. The van der Waals surface area contributed by atoms with E-state index in [1.54, 1.807) is 6.07 Å². The van der Waals surface area contributed by atoms with Gasteiger partial charge < -0.3 is 10.4 Å². The molecule has 0 radical (unpaired) electrons. The van der Waals surface area contributed by atoms with Gasteiger partial charge in [-0.25, -0.2) is 4.79 Å². The standard InChI is InChI=1S/C14H15N3O3/c1-14(2,13(19)20)15-12(18)11-8-10(16-17-11)9-6-4-3-5-7-9/h3-8H,1-2H3,(H,15,18)(H,16,17)(H,19,20). The second-order valence-corrected chi connectivity index (χ2v) is 4.92. The number of rotatable bonds is 4. The Hall–Kier alpha value is -2.63. The molecule has 6 nitrogen and oxygen atoms in total. The van der Waals surface area contributed by atoms with Gasteiger partial charge >= 0.3 is 5.97 Å². The number of carbonyl (C=O) groups is 2. The van der Waals surface area contributed by atoms with Crippen molar-refractivity contribution in [2.75, 3.05) is 0 Å². The number of aromatic amines is 1. The fourth-order valence-electron chi connectivity index (χ4n) is 1.60. The smallest absolute Gasteiger partial charge is 0.328 e. The van der Waals surface area contributed by atoms with Gasteiger partial charge in [0, 0.05) is 5.56 Å². The van der Waals surface area contributed by atoms with Crippen molar-refractivity contribution in [1.82, 2.24) is 15.5 Å². The Balaban J connectivity index is 2.17. The van der Waals surface area contributed by atoms with Crippen molar-refractivity contribution in [3.8, 4) is 11.3 Å². The van der Waals surface area contributed by atoms with E-state index in [-0.39, 0.29) is 5.69 Å². The van der Waals surface area contributed by atoms with Crippen LogP contribution in [0.4, 0.5) is 0 Å². The molecule has 0 saturated carbocycles. The third-order valence-electron chi connectivity index (χ3n) is 2.85. The Morgan fingerprint density at radius 1 is 1.25 bits per heavy atom. The van der Waals surface area contributed by atoms with E-state index in [1.165, 1.54) is 13.8 Å². The van der Waals surface area contributed by atoms with Gasteiger partial charge in [-0.1, -0.05) is 30.3 Å². The number of nitrogens with zero attached hydrogens (tertiary/aromatic N) is 1. The number of H-pyrrole nitrogens is 1. The summed E-state index contributed by atoms with van der Waals surface area (Å²) in [5.41, 5.74) is 0.386. The first-order valence-corrected chi connectivity index (χ1v) is 6.07. The van der Waals surface area contributed by atoms with Crippen molar-refractivity contribution >= 4 is 11.9 Å². The van der Waals surface area contributed by atoms with Crippen LogP contribution in [0, 0.1) is 0 Å². The van der Waals surface area contributed by atoms with E-state index < -0.39 is 17.4 Å². The van der Waals surface area contributed by atoms with Gasteiger partial charge in [0.1, 0.15) is 11.2 Å². The van der Waals surface area contributed by atoms with E-state index >= 15 is 0 Å². The van der Waals surface area contributed by atoms with Gasteiger partial charge in [-0.3, -0.25) is 9.89 Å². The van der Waals surface area contributed by atoms with E-state index in [1.807, 2.05) is 30.3 Å². The van der Waals surface area contributed by atoms with Crippen LogP contribution < -0.4 is 5.32 Å². The van der Waals surface area contributed by atoms with Crippen LogP contribution in [0.25, 0.3) is 11.3 Å². The number of hydrogen-bond acceptors (Lipinski definition) is 3. The number of amides is 1. The van der Waals surface area contributed by atoms with Crippen LogP contribution in [0.15, 0.2) is 36.4 Å². The van der Waals surface area contributed by atoms with E-state index in [0.29, 0.717) is 5.69 Å². The molecule has 0 bridgehead atoms. The average Bonchev–Trinajstić information content (AvgIpc) is 2.88. The number of nitrogens with one attached hydrogen (secondary N) is 2. The van der Waals surface area contributed by atoms with Crippen molar-refractivity contribution < 1.29 is 14.7 Å². The molecule has 1 aromatic carbocycles. The first kappa shape index (κ1) is 13.8. The molecular weight excluding hydrogens is 258 g/mol. The van der Waals surface area contributed by atoms with Gasteiger partial charge in [-0.15, -0.1) is 0 Å². The summed E-state index contributed by atoms with van der Waals surface area (Å²) < 4.78 is 0. The third-order valence-corrected chi connectivity index (χ3v) is 2.85. The lowest BCUT2D eigenvalue weighted by Gasteiger charge is -2.20. The third kappa shape index (κ3) is 2.85. The minimum Gasteiger partial charge on any atom is -0.480 e. The fourth-order valence-corrected chi connectivity index (χ4v) is 1.60. The quantitative estimate of drug-likeness (QED) is 0.789.